The van der Waals surface area contributed by atoms with Crippen molar-refractivity contribution in [1.82, 2.24) is 14.7 Å². The molecule has 0 aliphatic carbocycles. The molecule has 0 aliphatic rings. The van der Waals surface area contributed by atoms with E-state index in [2.05, 4.69) is 10.3 Å². The van der Waals surface area contributed by atoms with Gasteiger partial charge < -0.3 is 14.8 Å². The molecule has 0 fully saturated rings. The van der Waals surface area contributed by atoms with Crippen LogP contribution in [0.1, 0.15) is 28.3 Å². The summed E-state index contributed by atoms with van der Waals surface area (Å²) in [5, 5.41) is 12.2. The van der Waals surface area contributed by atoms with Gasteiger partial charge in [-0.05, 0) is 44.6 Å². The molecule has 5 nitrogen and oxygen atoms in total. The van der Waals surface area contributed by atoms with Crippen LogP contribution < -0.4 is 5.32 Å². The first kappa shape index (κ1) is 12.6. The van der Waals surface area contributed by atoms with Crippen molar-refractivity contribution in [2.45, 2.75) is 19.8 Å². The van der Waals surface area contributed by atoms with Gasteiger partial charge in [0.15, 0.2) is 5.69 Å². The van der Waals surface area contributed by atoms with E-state index in [4.69, 9.17) is 0 Å². The molecule has 0 amide bonds. The van der Waals surface area contributed by atoms with E-state index in [1.165, 1.54) is 0 Å². The number of carboxylic acids is 1. The van der Waals surface area contributed by atoms with Crippen molar-refractivity contribution in [3.8, 4) is 0 Å². The van der Waals surface area contributed by atoms with Crippen LogP contribution in [0, 0.1) is 6.92 Å². The van der Waals surface area contributed by atoms with E-state index in [9.17, 15) is 9.90 Å². The van der Waals surface area contributed by atoms with Gasteiger partial charge in [-0.3, -0.25) is 0 Å². The minimum absolute atomic E-state index is 0.137. The monoisotopic (exact) mass is 247 g/mol. The first-order chi connectivity index (χ1) is 8.63. The second kappa shape index (κ2) is 5.18. The number of hydrogen-bond acceptors (Lipinski definition) is 3. The van der Waals surface area contributed by atoms with E-state index >= 15 is 0 Å². The fourth-order valence-corrected chi connectivity index (χ4v) is 2.01. The summed E-state index contributed by atoms with van der Waals surface area (Å²) in [7, 11) is 1.90. The summed E-state index contributed by atoms with van der Waals surface area (Å²) in [6.07, 6.45) is 3.58. The SMILES string of the molecule is CNCCCc1nc(C(=O)O)c2cc(C)ccn12. The molecular weight excluding hydrogens is 230 g/mol. The zero-order chi connectivity index (χ0) is 13.1. The lowest BCUT2D eigenvalue weighted by Gasteiger charge is -2.01. The third kappa shape index (κ3) is 2.36. The molecule has 0 radical (unpaired) electrons. The van der Waals surface area contributed by atoms with E-state index in [0.29, 0.717) is 5.52 Å². The molecule has 0 spiro atoms. The highest BCUT2D eigenvalue weighted by Gasteiger charge is 2.16. The highest BCUT2D eigenvalue weighted by atomic mass is 16.4. The summed E-state index contributed by atoms with van der Waals surface area (Å²) in [6, 6.07) is 3.82. The average Bonchev–Trinajstić information content (AvgIpc) is 2.68. The van der Waals surface area contributed by atoms with Gasteiger partial charge in [0.1, 0.15) is 5.82 Å². The van der Waals surface area contributed by atoms with Crippen LogP contribution >= 0.6 is 0 Å². The number of fused-ring (bicyclic) bond motifs is 1. The van der Waals surface area contributed by atoms with Crippen LogP contribution in [0.15, 0.2) is 18.3 Å². The lowest BCUT2D eigenvalue weighted by atomic mass is 10.2. The molecular formula is C13H17N3O2. The third-order valence-corrected chi connectivity index (χ3v) is 2.90. The van der Waals surface area contributed by atoms with Crippen LogP contribution in [-0.4, -0.2) is 34.1 Å². The summed E-state index contributed by atoms with van der Waals surface area (Å²) in [5.41, 5.74) is 1.84. The van der Waals surface area contributed by atoms with E-state index in [1.807, 2.05) is 36.7 Å². The average molecular weight is 247 g/mol. The van der Waals surface area contributed by atoms with Gasteiger partial charge >= 0.3 is 5.97 Å². The van der Waals surface area contributed by atoms with Gasteiger partial charge in [0.25, 0.3) is 0 Å². The number of hydrogen-bond donors (Lipinski definition) is 2. The highest BCUT2D eigenvalue weighted by molar-refractivity contribution is 5.93. The molecule has 2 aromatic rings. The van der Waals surface area contributed by atoms with Crippen molar-refractivity contribution in [2.75, 3.05) is 13.6 Å². The predicted octanol–water partition coefficient (Wildman–Crippen LogP) is 1.49. The lowest BCUT2D eigenvalue weighted by Crippen LogP contribution is -2.09. The van der Waals surface area contributed by atoms with Gasteiger partial charge in [-0.25, -0.2) is 9.78 Å². The maximum absolute atomic E-state index is 11.2. The van der Waals surface area contributed by atoms with Crippen molar-refractivity contribution in [3.05, 3.63) is 35.4 Å². The molecule has 2 aromatic heterocycles. The number of pyridine rings is 1. The molecule has 96 valence electrons. The van der Waals surface area contributed by atoms with Gasteiger partial charge in [0.05, 0.1) is 5.52 Å². The Morgan fingerprint density at radius 3 is 3.00 bits per heavy atom. The van der Waals surface area contributed by atoms with E-state index in [0.717, 1.165) is 30.8 Å². The third-order valence-electron chi connectivity index (χ3n) is 2.90. The number of aromatic carboxylic acids is 1. The van der Waals surface area contributed by atoms with Crippen LogP contribution in [-0.2, 0) is 6.42 Å². The van der Waals surface area contributed by atoms with E-state index < -0.39 is 5.97 Å². The number of carboxylic acid groups (broad SMARTS) is 1. The number of nitrogens with one attached hydrogen (secondary N) is 1. The molecule has 5 heteroatoms. The fraction of sp³-hybridized carbons (Fsp3) is 0.385. The Hall–Kier alpha value is -1.88. The lowest BCUT2D eigenvalue weighted by molar-refractivity contribution is 0.0693. The number of nitrogens with zero attached hydrogens (tertiary/aromatic N) is 2. The minimum atomic E-state index is -0.974. The molecule has 0 saturated carbocycles. The highest BCUT2D eigenvalue weighted by Crippen LogP contribution is 2.16. The van der Waals surface area contributed by atoms with Crippen LogP contribution in [0.5, 0.6) is 0 Å². The fourth-order valence-electron chi connectivity index (χ4n) is 2.01. The Balaban J connectivity index is 2.44. The molecule has 0 unspecified atom stereocenters. The molecule has 0 aliphatic heterocycles. The molecule has 0 aromatic carbocycles. The second-order valence-corrected chi connectivity index (χ2v) is 4.35. The first-order valence-electron chi connectivity index (χ1n) is 5.99. The van der Waals surface area contributed by atoms with Gasteiger partial charge in [-0.2, -0.15) is 0 Å². The van der Waals surface area contributed by atoms with Crippen LogP contribution in [0.4, 0.5) is 0 Å². The predicted molar refractivity (Wildman–Crippen MR) is 69.1 cm³/mol. The van der Waals surface area contributed by atoms with Gasteiger partial charge in [-0.15, -0.1) is 0 Å². The normalized spacial score (nSPS) is 11.0. The minimum Gasteiger partial charge on any atom is -0.476 e. The Labute approximate surface area is 105 Å². The van der Waals surface area contributed by atoms with Gasteiger partial charge in [0.2, 0.25) is 0 Å². The summed E-state index contributed by atoms with van der Waals surface area (Å²) >= 11 is 0. The van der Waals surface area contributed by atoms with Crippen molar-refractivity contribution in [2.24, 2.45) is 0 Å². The topological polar surface area (TPSA) is 66.6 Å². The number of rotatable bonds is 5. The number of carbonyl (C=O) groups is 1. The number of aromatic nitrogens is 2. The summed E-state index contributed by atoms with van der Waals surface area (Å²) in [5.74, 6) is -0.171. The van der Waals surface area contributed by atoms with Gasteiger partial charge in [-0.1, -0.05) is 0 Å². The van der Waals surface area contributed by atoms with Crippen molar-refractivity contribution in [3.63, 3.8) is 0 Å². The Bertz CT molecular complexity index is 575. The second-order valence-electron chi connectivity index (χ2n) is 4.35. The summed E-state index contributed by atoms with van der Waals surface area (Å²) in [6.45, 7) is 2.84. The molecule has 2 heterocycles. The van der Waals surface area contributed by atoms with Crippen LogP contribution in [0.3, 0.4) is 0 Å². The van der Waals surface area contributed by atoms with E-state index in [-0.39, 0.29) is 5.69 Å². The molecule has 0 atom stereocenters. The first-order valence-corrected chi connectivity index (χ1v) is 5.99. The standard InChI is InChI=1S/C13H17N3O2/c1-9-5-7-16-10(8-9)12(13(17)18)15-11(16)4-3-6-14-2/h5,7-8,14H,3-4,6H2,1-2H3,(H,17,18). The Morgan fingerprint density at radius 2 is 2.33 bits per heavy atom. The molecule has 18 heavy (non-hydrogen) atoms. The quantitative estimate of drug-likeness (QED) is 0.786. The summed E-state index contributed by atoms with van der Waals surface area (Å²) < 4.78 is 1.87. The van der Waals surface area contributed by atoms with E-state index in [1.54, 1.807) is 0 Å². The Kier molecular flexibility index (Phi) is 3.62. The zero-order valence-corrected chi connectivity index (χ0v) is 10.6. The Morgan fingerprint density at radius 1 is 1.56 bits per heavy atom. The van der Waals surface area contributed by atoms with Crippen LogP contribution in [0.2, 0.25) is 0 Å². The number of aryl methyl sites for hydroxylation is 2. The largest absolute Gasteiger partial charge is 0.476 e. The molecule has 0 bridgehead atoms. The van der Waals surface area contributed by atoms with Crippen molar-refractivity contribution < 1.29 is 9.90 Å². The van der Waals surface area contributed by atoms with Crippen LogP contribution in [0.25, 0.3) is 5.52 Å². The smallest absolute Gasteiger partial charge is 0.356 e. The molecule has 0 saturated heterocycles. The van der Waals surface area contributed by atoms with Crippen molar-refractivity contribution >= 4 is 11.5 Å². The molecule has 2 N–H and O–H groups in total. The zero-order valence-electron chi connectivity index (χ0n) is 10.6. The maximum atomic E-state index is 11.2. The van der Waals surface area contributed by atoms with Gasteiger partial charge in [0, 0.05) is 12.6 Å². The van der Waals surface area contributed by atoms with Crippen molar-refractivity contribution in [1.29, 1.82) is 0 Å². The molecule has 2 rings (SSSR count). The summed E-state index contributed by atoms with van der Waals surface area (Å²) in [4.78, 5) is 15.4. The maximum Gasteiger partial charge on any atom is 0.356 e. The number of imidazole rings is 1.